The van der Waals surface area contributed by atoms with Crippen molar-refractivity contribution in [3.05, 3.63) is 47.3 Å². The van der Waals surface area contributed by atoms with Crippen LogP contribution < -0.4 is 10.9 Å². The lowest BCUT2D eigenvalue weighted by atomic mass is 10.0. The first-order valence-corrected chi connectivity index (χ1v) is 8.43. The number of aromatic nitrogens is 2. The van der Waals surface area contributed by atoms with Crippen LogP contribution in [-0.4, -0.2) is 51.1 Å². The molecule has 26 heavy (non-hydrogen) atoms. The highest BCUT2D eigenvalue weighted by molar-refractivity contribution is 5.99. The van der Waals surface area contributed by atoms with Crippen molar-refractivity contribution in [3.63, 3.8) is 0 Å². The van der Waals surface area contributed by atoms with Gasteiger partial charge in [0.2, 0.25) is 5.91 Å². The third-order valence-electron chi connectivity index (χ3n) is 4.80. The number of hydrazine groups is 1. The van der Waals surface area contributed by atoms with Crippen molar-refractivity contribution in [2.75, 3.05) is 13.6 Å². The van der Waals surface area contributed by atoms with Gasteiger partial charge in [-0.3, -0.25) is 14.3 Å². The third kappa shape index (κ3) is 3.61. The normalized spacial score (nSPS) is 19.5. The van der Waals surface area contributed by atoms with Crippen LogP contribution in [0.1, 0.15) is 34.1 Å². The summed E-state index contributed by atoms with van der Waals surface area (Å²) < 4.78 is 1.80. The van der Waals surface area contributed by atoms with Crippen molar-refractivity contribution in [3.8, 4) is 5.75 Å². The second-order valence-electron chi connectivity index (χ2n) is 6.60. The number of rotatable bonds is 5. The summed E-state index contributed by atoms with van der Waals surface area (Å²) in [6.07, 6.45) is 2.39. The fraction of sp³-hybridized carbons (Fsp3) is 0.389. The first kappa shape index (κ1) is 18.1. The fourth-order valence-electron chi connectivity index (χ4n) is 3.08. The monoisotopic (exact) mass is 357 g/mol. The Morgan fingerprint density at radius 1 is 1.31 bits per heavy atom. The van der Waals surface area contributed by atoms with E-state index in [1.54, 1.807) is 30.1 Å². The van der Waals surface area contributed by atoms with Crippen LogP contribution in [0.25, 0.3) is 0 Å². The van der Waals surface area contributed by atoms with Crippen LogP contribution in [0.4, 0.5) is 0 Å². The van der Waals surface area contributed by atoms with Crippen LogP contribution in [0.5, 0.6) is 5.75 Å². The van der Waals surface area contributed by atoms with Crippen molar-refractivity contribution in [2.45, 2.75) is 25.4 Å². The summed E-state index contributed by atoms with van der Waals surface area (Å²) in [5.74, 6) is -0.218. The fourth-order valence-corrected chi connectivity index (χ4v) is 3.08. The molecule has 0 radical (unpaired) electrons. The number of benzene rings is 1. The summed E-state index contributed by atoms with van der Waals surface area (Å²) in [5, 5.41) is 13.5. The zero-order chi connectivity index (χ0) is 18.8. The van der Waals surface area contributed by atoms with Crippen molar-refractivity contribution >= 4 is 11.7 Å². The molecule has 0 saturated carbocycles. The molecule has 1 amide bonds. The minimum absolute atomic E-state index is 0.00106. The number of phenolic OH excluding ortho intramolecular Hbond substituents is 1. The van der Waals surface area contributed by atoms with Crippen LogP contribution in [0.2, 0.25) is 0 Å². The first-order chi connectivity index (χ1) is 12.4. The Morgan fingerprint density at radius 3 is 2.62 bits per heavy atom. The highest BCUT2D eigenvalue weighted by atomic mass is 16.3. The van der Waals surface area contributed by atoms with E-state index >= 15 is 0 Å². The van der Waals surface area contributed by atoms with Gasteiger partial charge in [-0.1, -0.05) is 0 Å². The Bertz CT molecular complexity index is 815. The molecular weight excluding hydrogens is 334 g/mol. The molecule has 138 valence electrons. The van der Waals surface area contributed by atoms with Crippen molar-refractivity contribution in [2.24, 2.45) is 7.05 Å². The lowest BCUT2D eigenvalue weighted by Gasteiger charge is -2.20. The van der Waals surface area contributed by atoms with Gasteiger partial charge in [0.25, 0.3) is 0 Å². The van der Waals surface area contributed by atoms with Gasteiger partial charge in [-0.15, -0.1) is 0 Å². The average Bonchev–Trinajstić information content (AvgIpc) is 3.22. The number of aromatic hydroxyl groups is 1. The lowest BCUT2D eigenvalue weighted by Crippen LogP contribution is -2.45. The number of aryl methyl sites for hydroxylation is 1. The zero-order valence-electron chi connectivity index (χ0n) is 15.1. The van der Waals surface area contributed by atoms with E-state index in [4.69, 9.17) is 0 Å². The molecule has 1 fully saturated rings. The molecule has 1 aromatic heterocycles. The Labute approximate surface area is 151 Å². The predicted molar refractivity (Wildman–Crippen MR) is 95.4 cm³/mol. The molecule has 3 N–H and O–H groups in total. The molecule has 0 bridgehead atoms. The molecule has 0 aliphatic carbocycles. The van der Waals surface area contributed by atoms with Gasteiger partial charge in [-0.2, -0.15) is 5.10 Å². The first-order valence-electron chi connectivity index (χ1n) is 8.43. The van der Waals surface area contributed by atoms with Crippen molar-refractivity contribution < 1.29 is 14.7 Å². The Kier molecular flexibility index (Phi) is 5.06. The molecule has 1 aromatic carbocycles. The van der Waals surface area contributed by atoms with Gasteiger partial charge in [0.1, 0.15) is 11.8 Å². The summed E-state index contributed by atoms with van der Waals surface area (Å²) in [7, 11) is 3.50. The maximum Gasteiger partial charge on any atom is 0.241 e. The standard InChI is InChI=1S/C18H23N5O3/c1-11-14(9-19-23(11)3)15-8-16(21-20-15)18(26)22(2)10-17(25)12-4-6-13(24)7-5-12/h4-7,9,15-16,20-21,24H,8,10H2,1-3H3. The van der Waals surface area contributed by atoms with Gasteiger partial charge in [-0.05, 0) is 37.6 Å². The summed E-state index contributed by atoms with van der Waals surface area (Å²) in [6.45, 7) is 1.97. The van der Waals surface area contributed by atoms with E-state index in [2.05, 4.69) is 16.0 Å². The third-order valence-corrected chi connectivity index (χ3v) is 4.80. The SMILES string of the molecule is Cc1c(C2CC(C(=O)N(C)CC(=O)c3ccc(O)cc3)NN2)cnn1C. The van der Waals surface area contributed by atoms with E-state index in [0.717, 1.165) is 11.3 Å². The van der Waals surface area contributed by atoms with Crippen LogP contribution in [0, 0.1) is 6.92 Å². The maximum absolute atomic E-state index is 12.6. The Hall–Kier alpha value is -2.71. The average molecular weight is 357 g/mol. The second-order valence-corrected chi connectivity index (χ2v) is 6.60. The van der Waals surface area contributed by atoms with E-state index < -0.39 is 6.04 Å². The molecule has 3 rings (SSSR count). The minimum atomic E-state index is -0.405. The Balaban J connectivity index is 1.59. The molecule has 0 spiro atoms. The number of carbonyl (C=O) groups excluding carboxylic acids is 2. The minimum Gasteiger partial charge on any atom is -0.508 e. The number of carbonyl (C=O) groups is 2. The second kappa shape index (κ2) is 7.27. The number of nitrogens with zero attached hydrogens (tertiary/aromatic N) is 3. The predicted octanol–water partition coefficient (Wildman–Crippen LogP) is 0.683. The van der Waals surface area contributed by atoms with E-state index in [1.807, 2.05) is 14.0 Å². The van der Waals surface area contributed by atoms with Gasteiger partial charge in [0.15, 0.2) is 5.78 Å². The summed E-state index contributed by atoms with van der Waals surface area (Å²) in [5.41, 5.74) is 8.73. The number of hydrogen-bond donors (Lipinski definition) is 3. The highest BCUT2D eigenvalue weighted by Gasteiger charge is 2.33. The van der Waals surface area contributed by atoms with Gasteiger partial charge in [0, 0.05) is 30.9 Å². The number of Topliss-reactive ketones (excluding diaryl/α,β-unsaturated/α-hetero) is 1. The van der Waals surface area contributed by atoms with Gasteiger partial charge in [-0.25, -0.2) is 10.9 Å². The number of likely N-dealkylation sites (N-methyl/N-ethyl adjacent to an activating group) is 1. The van der Waals surface area contributed by atoms with E-state index in [-0.39, 0.29) is 30.0 Å². The van der Waals surface area contributed by atoms with E-state index in [0.29, 0.717) is 12.0 Å². The number of hydrogen-bond acceptors (Lipinski definition) is 6. The van der Waals surface area contributed by atoms with Crippen LogP contribution in [0.3, 0.4) is 0 Å². The van der Waals surface area contributed by atoms with Crippen LogP contribution in [0.15, 0.2) is 30.5 Å². The molecule has 2 aromatic rings. The molecule has 2 heterocycles. The number of ketones is 1. The topological polar surface area (TPSA) is 99.5 Å². The lowest BCUT2D eigenvalue weighted by molar-refractivity contribution is -0.131. The Morgan fingerprint density at radius 2 is 2.00 bits per heavy atom. The molecule has 8 nitrogen and oxygen atoms in total. The molecule has 2 unspecified atom stereocenters. The largest absolute Gasteiger partial charge is 0.508 e. The molecule has 1 aliphatic heterocycles. The smallest absolute Gasteiger partial charge is 0.241 e. The summed E-state index contributed by atoms with van der Waals surface area (Å²) in [4.78, 5) is 26.4. The summed E-state index contributed by atoms with van der Waals surface area (Å²) >= 11 is 0. The van der Waals surface area contributed by atoms with Gasteiger partial charge < -0.3 is 10.0 Å². The van der Waals surface area contributed by atoms with Crippen LogP contribution in [-0.2, 0) is 11.8 Å². The molecular formula is C18H23N5O3. The molecule has 8 heteroatoms. The molecule has 2 atom stereocenters. The number of amides is 1. The molecule has 1 aliphatic rings. The van der Waals surface area contributed by atoms with E-state index in [9.17, 15) is 14.7 Å². The zero-order valence-corrected chi connectivity index (χ0v) is 15.1. The number of nitrogens with one attached hydrogen (secondary N) is 2. The molecule has 1 saturated heterocycles. The number of phenols is 1. The van der Waals surface area contributed by atoms with Crippen molar-refractivity contribution in [1.82, 2.24) is 25.5 Å². The highest BCUT2D eigenvalue weighted by Crippen LogP contribution is 2.25. The maximum atomic E-state index is 12.6. The van der Waals surface area contributed by atoms with Crippen molar-refractivity contribution in [1.29, 1.82) is 0 Å². The van der Waals surface area contributed by atoms with E-state index in [1.165, 1.54) is 17.0 Å². The summed E-state index contributed by atoms with van der Waals surface area (Å²) in [6, 6.07) is 5.60. The quantitative estimate of drug-likeness (QED) is 0.681. The van der Waals surface area contributed by atoms with Gasteiger partial charge >= 0.3 is 0 Å². The van der Waals surface area contributed by atoms with Crippen LogP contribution >= 0.6 is 0 Å². The van der Waals surface area contributed by atoms with Gasteiger partial charge in [0.05, 0.1) is 18.8 Å².